The molecule has 0 saturated carbocycles. The summed E-state index contributed by atoms with van der Waals surface area (Å²) in [6.45, 7) is 3.92. The fraction of sp³-hybridized carbons (Fsp3) is 0.167. The number of aromatic nitrogens is 2. The highest BCUT2D eigenvalue weighted by Gasteiger charge is 2.20. The number of esters is 1. The number of amides is 1. The van der Waals surface area contributed by atoms with E-state index in [4.69, 9.17) is 4.74 Å². The Labute approximate surface area is 188 Å². The van der Waals surface area contributed by atoms with Gasteiger partial charge in [-0.25, -0.2) is 9.78 Å². The number of carbonyl (C=O) groups excluding carboxylic acids is 2. The zero-order chi connectivity index (χ0) is 22.8. The lowest BCUT2D eigenvalue weighted by Gasteiger charge is -2.08. The minimum atomic E-state index is -0.439. The highest BCUT2D eigenvalue weighted by Crippen LogP contribution is 2.28. The van der Waals surface area contributed by atoms with Crippen LogP contribution in [0.2, 0.25) is 0 Å². The van der Waals surface area contributed by atoms with E-state index in [1.165, 1.54) is 29.3 Å². The van der Waals surface area contributed by atoms with Crippen molar-refractivity contribution in [3.05, 3.63) is 92.3 Å². The van der Waals surface area contributed by atoms with Gasteiger partial charge in [0.2, 0.25) is 0 Å². The fourth-order valence-electron chi connectivity index (χ4n) is 3.49. The fourth-order valence-corrected chi connectivity index (χ4v) is 4.53. The standard InChI is InChI=1S/C24H21N3O4S/c1-14-7-4-5-10-18(14)26-21(28)20-15(2)19-22(32-20)25-13-27(23(19)29)12-16-8-6-9-17(11-16)24(30)31-3/h4-11,13H,12H2,1-3H3,(H,26,28). The molecule has 162 valence electrons. The number of anilines is 1. The molecular weight excluding hydrogens is 426 g/mol. The first-order valence-corrected chi connectivity index (χ1v) is 10.7. The number of hydrogen-bond donors (Lipinski definition) is 1. The third-order valence-corrected chi connectivity index (χ3v) is 6.42. The lowest BCUT2D eigenvalue weighted by Crippen LogP contribution is -2.21. The lowest BCUT2D eigenvalue weighted by atomic mass is 10.1. The Morgan fingerprint density at radius 3 is 2.66 bits per heavy atom. The van der Waals surface area contributed by atoms with E-state index >= 15 is 0 Å². The van der Waals surface area contributed by atoms with Gasteiger partial charge in [-0.1, -0.05) is 30.3 Å². The Bertz CT molecular complexity index is 1400. The molecule has 0 saturated heterocycles. The first kappa shape index (κ1) is 21.5. The number of aryl methyl sites for hydroxylation is 2. The van der Waals surface area contributed by atoms with Gasteiger partial charge in [0.25, 0.3) is 11.5 Å². The molecule has 7 nitrogen and oxygen atoms in total. The summed E-state index contributed by atoms with van der Waals surface area (Å²) < 4.78 is 6.23. The first-order chi connectivity index (χ1) is 15.4. The maximum Gasteiger partial charge on any atom is 0.337 e. The SMILES string of the molecule is COC(=O)c1cccc(Cn2cnc3sc(C(=O)Nc4ccccc4C)c(C)c3c2=O)c1. The normalized spacial score (nSPS) is 10.8. The summed E-state index contributed by atoms with van der Waals surface area (Å²) >= 11 is 1.20. The predicted molar refractivity (Wildman–Crippen MR) is 125 cm³/mol. The highest BCUT2D eigenvalue weighted by atomic mass is 32.1. The van der Waals surface area contributed by atoms with Crippen LogP contribution in [0.5, 0.6) is 0 Å². The first-order valence-electron chi connectivity index (χ1n) is 9.92. The number of benzene rings is 2. The molecule has 0 radical (unpaired) electrons. The van der Waals surface area contributed by atoms with Crippen LogP contribution >= 0.6 is 11.3 Å². The van der Waals surface area contributed by atoms with Crippen LogP contribution in [0.25, 0.3) is 10.2 Å². The second-order valence-electron chi connectivity index (χ2n) is 7.37. The minimum absolute atomic E-state index is 0.234. The molecule has 0 unspecified atom stereocenters. The van der Waals surface area contributed by atoms with Gasteiger partial charge in [0.15, 0.2) is 0 Å². The monoisotopic (exact) mass is 447 g/mol. The third-order valence-electron chi connectivity index (χ3n) is 5.22. The van der Waals surface area contributed by atoms with Gasteiger partial charge in [-0.15, -0.1) is 11.3 Å². The van der Waals surface area contributed by atoms with E-state index in [1.807, 2.05) is 37.3 Å². The summed E-state index contributed by atoms with van der Waals surface area (Å²) in [6.07, 6.45) is 1.47. The Kier molecular flexibility index (Phi) is 5.87. The summed E-state index contributed by atoms with van der Waals surface area (Å²) in [6, 6.07) is 14.4. The van der Waals surface area contributed by atoms with Crippen LogP contribution < -0.4 is 10.9 Å². The number of rotatable bonds is 5. The van der Waals surface area contributed by atoms with E-state index < -0.39 is 5.97 Å². The van der Waals surface area contributed by atoms with E-state index in [0.29, 0.717) is 26.2 Å². The minimum Gasteiger partial charge on any atom is -0.465 e. The molecule has 0 aliphatic rings. The van der Waals surface area contributed by atoms with Crippen LogP contribution in [-0.2, 0) is 11.3 Å². The summed E-state index contributed by atoms with van der Waals surface area (Å²) in [5.41, 5.74) is 3.23. The maximum atomic E-state index is 13.2. The van der Waals surface area contributed by atoms with Crippen molar-refractivity contribution in [1.29, 1.82) is 0 Å². The summed E-state index contributed by atoms with van der Waals surface area (Å²) in [7, 11) is 1.32. The van der Waals surface area contributed by atoms with Gasteiger partial charge in [0.05, 0.1) is 35.8 Å². The number of thiophene rings is 1. The lowest BCUT2D eigenvalue weighted by molar-refractivity contribution is 0.0600. The van der Waals surface area contributed by atoms with E-state index in [0.717, 1.165) is 16.8 Å². The van der Waals surface area contributed by atoms with Crippen LogP contribution in [0.3, 0.4) is 0 Å². The molecular formula is C24H21N3O4S. The van der Waals surface area contributed by atoms with Crippen molar-refractivity contribution in [2.24, 2.45) is 0 Å². The molecule has 4 aromatic rings. The number of ether oxygens (including phenoxy) is 1. The second-order valence-corrected chi connectivity index (χ2v) is 8.37. The molecule has 1 amide bonds. The molecule has 2 aromatic heterocycles. The molecule has 0 spiro atoms. The molecule has 4 rings (SSSR count). The zero-order valence-corrected chi connectivity index (χ0v) is 18.7. The van der Waals surface area contributed by atoms with Gasteiger partial charge in [0.1, 0.15) is 4.83 Å². The maximum absolute atomic E-state index is 13.2. The summed E-state index contributed by atoms with van der Waals surface area (Å²) in [4.78, 5) is 43.2. The largest absolute Gasteiger partial charge is 0.465 e. The quantitative estimate of drug-likeness (QED) is 0.464. The van der Waals surface area contributed by atoms with Crippen LogP contribution in [-0.4, -0.2) is 28.5 Å². The molecule has 0 fully saturated rings. The summed E-state index contributed by atoms with van der Waals surface area (Å²) in [5, 5.41) is 3.34. The van der Waals surface area contributed by atoms with Gasteiger partial charge in [-0.05, 0) is 48.7 Å². The Hall–Kier alpha value is -3.78. The Morgan fingerprint density at radius 1 is 1.12 bits per heavy atom. The van der Waals surface area contributed by atoms with Gasteiger partial charge in [-0.3, -0.25) is 14.2 Å². The number of para-hydroxylation sites is 1. The van der Waals surface area contributed by atoms with Crippen molar-refractivity contribution in [1.82, 2.24) is 9.55 Å². The molecule has 0 atom stereocenters. The number of hydrogen-bond acceptors (Lipinski definition) is 6. The van der Waals surface area contributed by atoms with Crippen molar-refractivity contribution in [3.8, 4) is 0 Å². The van der Waals surface area contributed by atoms with Crippen molar-refractivity contribution in [2.75, 3.05) is 12.4 Å². The molecule has 0 bridgehead atoms. The molecule has 8 heteroatoms. The number of nitrogens with zero attached hydrogens (tertiary/aromatic N) is 2. The van der Waals surface area contributed by atoms with Gasteiger partial charge >= 0.3 is 5.97 Å². The second kappa shape index (κ2) is 8.76. The molecule has 0 aliphatic carbocycles. The highest BCUT2D eigenvalue weighted by molar-refractivity contribution is 7.20. The predicted octanol–water partition coefficient (Wildman–Crippen LogP) is 4.16. The van der Waals surface area contributed by atoms with Crippen LogP contribution in [0.15, 0.2) is 59.7 Å². The molecule has 1 N–H and O–H groups in total. The number of carbonyl (C=O) groups is 2. The van der Waals surface area contributed by atoms with Crippen molar-refractivity contribution >= 4 is 39.1 Å². The van der Waals surface area contributed by atoms with Gasteiger partial charge < -0.3 is 10.1 Å². The Balaban J connectivity index is 1.67. The van der Waals surface area contributed by atoms with Crippen LogP contribution in [0.1, 0.15) is 36.7 Å². The van der Waals surface area contributed by atoms with E-state index in [1.54, 1.807) is 25.1 Å². The third kappa shape index (κ3) is 4.04. The number of fused-ring (bicyclic) bond motifs is 1. The average molecular weight is 448 g/mol. The smallest absolute Gasteiger partial charge is 0.337 e. The molecule has 2 aromatic carbocycles. The van der Waals surface area contributed by atoms with Crippen molar-refractivity contribution in [2.45, 2.75) is 20.4 Å². The number of methoxy groups -OCH3 is 1. The topological polar surface area (TPSA) is 90.3 Å². The van der Waals surface area contributed by atoms with E-state index in [-0.39, 0.29) is 18.0 Å². The van der Waals surface area contributed by atoms with Crippen molar-refractivity contribution in [3.63, 3.8) is 0 Å². The molecule has 32 heavy (non-hydrogen) atoms. The van der Waals surface area contributed by atoms with Crippen LogP contribution in [0.4, 0.5) is 5.69 Å². The molecule has 2 heterocycles. The van der Waals surface area contributed by atoms with Gasteiger partial charge in [0, 0.05) is 5.69 Å². The summed E-state index contributed by atoms with van der Waals surface area (Å²) in [5.74, 6) is -0.706. The van der Waals surface area contributed by atoms with Crippen molar-refractivity contribution < 1.29 is 14.3 Å². The number of nitrogens with one attached hydrogen (secondary N) is 1. The zero-order valence-electron chi connectivity index (χ0n) is 17.8. The molecule has 0 aliphatic heterocycles. The average Bonchev–Trinajstić information content (AvgIpc) is 3.14. The Morgan fingerprint density at radius 2 is 1.91 bits per heavy atom. The van der Waals surface area contributed by atoms with E-state index in [9.17, 15) is 14.4 Å². The van der Waals surface area contributed by atoms with Crippen LogP contribution in [0, 0.1) is 13.8 Å². The van der Waals surface area contributed by atoms with Gasteiger partial charge in [-0.2, -0.15) is 0 Å². The van der Waals surface area contributed by atoms with E-state index in [2.05, 4.69) is 10.3 Å².